The molecule has 0 fully saturated rings. The van der Waals surface area contributed by atoms with Crippen LogP contribution in [0.2, 0.25) is 5.02 Å². The first kappa shape index (κ1) is 13.8. The van der Waals surface area contributed by atoms with Gasteiger partial charge in [-0.15, -0.1) is 10.2 Å². The number of aromatic nitrogens is 2. The number of benzene rings is 1. The van der Waals surface area contributed by atoms with Crippen LogP contribution in [0.15, 0.2) is 45.5 Å². The molecule has 5 nitrogen and oxygen atoms in total. The Morgan fingerprint density at radius 1 is 1.24 bits per heavy atom. The second-order valence-corrected chi connectivity index (χ2v) is 5.46. The van der Waals surface area contributed by atoms with Gasteiger partial charge in [0.15, 0.2) is 0 Å². The molecule has 0 bridgehead atoms. The van der Waals surface area contributed by atoms with E-state index >= 15 is 0 Å². The van der Waals surface area contributed by atoms with Crippen LogP contribution in [-0.2, 0) is 11.2 Å². The Balaban J connectivity index is 1.64. The van der Waals surface area contributed by atoms with E-state index in [-0.39, 0.29) is 18.2 Å². The van der Waals surface area contributed by atoms with Crippen molar-refractivity contribution in [2.45, 2.75) is 6.42 Å². The molecule has 0 unspecified atom stereocenters. The van der Waals surface area contributed by atoms with Crippen LogP contribution in [0.25, 0.3) is 11.5 Å². The summed E-state index contributed by atoms with van der Waals surface area (Å²) in [7, 11) is 0. The summed E-state index contributed by atoms with van der Waals surface area (Å²) < 4.78 is 5.46. The number of hydrogen-bond acceptors (Lipinski definition) is 5. The lowest BCUT2D eigenvalue weighted by atomic mass is 10.3. The summed E-state index contributed by atoms with van der Waals surface area (Å²) >= 11 is 7.33. The number of amides is 1. The minimum Gasteiger partial charge on any atom is -0.420 e. The van der Waals surface area contributed by atoms with Gasteiger partial charge in [0, 0.05) is 21.7 Å². The topological polar surface area (TPSA) is 68.0 Å². The van der Waals surface area contributed by atoms with Crippen LogP contribution >= 0.6 is 22.9 Å². The van der Waals surface area contributed by atoms with Gasteiger partial charge in [0.2, 0.25) is 17.7 Å². The highest BCUT2D eigenvalue weighted by Gasteiger charge is 2.12. The number of carbonyl (C=O) groups is 1. The number of carbonyl (C=O) groups excluding carboxylic acids is 1. The summed E-state index contributed by atoms with van der Waals surface area (Å²) in [4.78, 5) is 11.9. The van der Waals surface area contributed by atoms with Gasteiger partial charge in [0.1, 0.15) is 6.42 Å². The van der Waals surface area contributed by atoms with Gasteiger partial charge in [-0.05, 0) is 35.7 Å². The van der Waals surface area contributed by atoms with Crippen molar-refractivity contribution in [2.24, 2.45) is 0 Å². The average Bonchev–Trinajstić information content (AvgIpc) is 3.12. The lowest BCUT2D eigenvalue weighted by Gasteiger charge is -2.02. The van der Waals surface area contributed by atoms with Gasteiger partial charge in [-0.3, -0.25) is 4.79 Å². The van der Waals surface area contributed by atoms with Crippen molar-refractivity contribution < 1.29 is 9.21 Å². The number of nitrogens with one attached hydrogen (secondary N) is 1. The molecule has 1 N–H and O–H groups in total. The van der Waals surface area contributed by atoms with Crippen LogP contribution in [0.3, 0.4) is 0 Å². The van der Waals surface area contributed by atoms with Gasteiger partial charge in [-0.1, -0.05) is 11.6 Å². The molecule has 2 heterocycles. The monoisotopic (exact) mass is 319 g/mol. The molecule has 1 amide bonds. The van der Waals surface area contributed by atoms with Crippen LogP contribution < -0.4 is 5.32 Å². The van der Waals surface area contributed by atoms with E-state index in [4.69, 9.17) is 16.0 Å². The van der Waals surface area contributed by atoms with Gasteiger partial charge in [0.05, 0.1) is 0 Å². The number of nitrogens with zero attached hydrogens (tertiary/aromatic N) is 2. The lowest BCUT2D eigenvalue weighted by molar-refractivity contribution is -0.115. The van der Waals surface area contributed by atoms with E-state index in [0.717, 1.165) is 5.56 Å². The summed E-state index contributed by atoms with van der Waals surface area (Å²) in [6.07, 6.45) is 0.0275. The van der Waals surface area contributed by atoms with Crippen molar-refractivity contribution in [1.29, 1.82) is 0 Å². The van der Waals surface area contributed by atoms with E-state index in [9.17, 15) is 4.79 Å². The van der Waals surface area contributed by atoms with Crippen molar-refractivity contribution in [2.75, 3.05) is 5.32 Å². The minimum absolute atomic E-state index is 0.0275. The van der Waals surface area contributed by atoms with Crippen molar-refractivity contribution in [3.05, 3.63) is 52.0 Å². The predicted molar refractivity (Wildman–Crippen MR) is 81.4 cm³/mol. The molecule has 0 saturated heterocycles. The Bertz CT molecular complexity index is 738. The molecule has 0 radical (unpaired) electrons. The zero-order valence-corrected chi connectivity index (χ0v) is 12.3. The van der Waals surface area contributed by atoms with Crippen LogP contribution in [0, 0.1) is 0 Å². The van der Waals surface area contributed by atoms with E-state index in [0.29, 0.717) is 16.6 Å². The van der Waals surface area contributed by atoms with E-state index in [1.165, 1.54) is 0 Å². The van der Waals surface area contributed by atoms with Crippen molar-refractivity contribution >= 4 is 34.5 Å². The zero-order chi connectivity index (χ0) is 14.7. The van der Waals surface area contributed by atoms with Gasteiger partial charge in [-0.2, -0.15) is 11.3 Å². The standard InChI is InChI=1S/C14H10ClN3O2S/c15-10-1-3-11(4-2-10)16-12(19)7-13-17-18-14(20-13)9-5-6-21-8-9/h1-6,8H,7H2,(H,16,19). The second kappa shape index (κ2) is 6.07. The van der Waals surface area contributed by atoms with Crippen molar-refractivity contribution in [3.8, 4) is 11.5 Å². The molecule has 106 valence electrons. The van der Waals surface area contributed by atoms with E-state index in [1.807, 2.05) is 16.8 Å². The molecule has 0 aliphatic heterocycles. The first-order valence-corrected chi connectivity index (χ1v) is 7.43. The van der Waals surface area contributed by atoms with Gasteiger partial charge in [0.25, 0.3) is 0 Å². The lowest BCUT2D eigenvalue weighted by Crippen LogP contribution is -2.14. The molecule has 7 heteroatoms. The maximum atomic E-state index is 11.9. The van der Waals surface area contributed by atoms with Crippen LogP contribution in [0.5, 0.6) is 0 Å². The second-order valence-electron chi connectivity index (χ2n) is 4.24. The number of halogens is 1. The van der Waals surface area contributed by atoms with Crippen molar-refractivity contribution in [3.63, 3.8) is 0 Å². The summed E-state index contributed by atoms with van der Waals surface area (Å²) in [6, 6.07) is 8.75. The number of hydrogen-bond donors (Lipinski definition) is 1. The van der Waals surface area contributed by atoms with Crippen LogP contribution in [0.1, 0.15) is 5.89 Å². The summed E-state index contributed by atoms with van der Waals surface area (Å²) in [6.45, 7) is 0. The third kappa shape index (κ3) is 3.48. The maximum absolute atomic E-state index is 11.9. The summed E-state index contributed by atoms with van der Waals surface area (Å²) in [5, 5.41) is 15.0. The van der Waals surface area contributed by atoms with Gasteiger partial charge in [-0.25, -0.2) is 0 Å². The fourth-order valence-electron chi connectivity index (χ4n) is 1.70. The molecular weight excluding hydrogens is 310 g/mol. The smallest absolute Gasteiger partial charge is 0.248 e. The zero-order valence-electron chi connectivity index (χ0n) is 10.7. The fourth-order valence-corrected chi connectivity index (χ4v) is 2.46. The molecule has 3 aromatic rings. The number of rotatable bonds is 4. The summed E-state index contributed by atoms with van der Waals surface area (Å²) in [5.41, 5.74) is 1.53. The van der Waals surface area contributed by atoms with E-state index in [2.05, 4.69) is 15.5 Å². The molecule has 3 rings (SSSR count). The average molecular weight is 320 g/mol. The van der Waals surface area contributed by atoms with Crippen LogP contribution in [0.4, 0.5) is 5.69 Å². The molecule has 0 spiro atoms. The molecule has 0 saturated carbocycles. The Hall–Kier alpha value is -2.18. The van der Waals surface area contributed by atoms with Crippen LogP contribution in [-0.4, -0.2) is 16.1 Å². The maximum Gasteiger partial charge on any atom is 0.248 e. The number of thiophene rings is 1. The Kier molecular flexibility index (Phi) is 3.98. The molecule has 1 aromatic carbocycles. The Labute approximate surface area is 129 Å². The highest BCUT2D eigenvalue weighted by Crippen LogP contribution is 2.20. The fraction of sp³-hybridized carbons (Fsp3) is 0.0714. The Morgan fingerprint density at radius 3 is 2.76 bits per heavy atom. The first-order chi connectivity index (χ1) is 10.2. The number of anilines is 1. The highest BCUT2D eigenvalue weighted by atomic mass is 35.5. The normalized spacial score (nSPS) is 10.5. The first-order valence-electron chi connectivity index (χ1n) is 6.11. The van der Waals surface area contributed by atoms with Crippen molar-refractivity contribution in [1.82, 2.24) is 10.2 Å². The third-order valence-electron chi connectivity index (χ3n) is 2.67. The van der Waals surface area contributed by atoms with Gasteiger partial charge < -0.3 is 9.73 Å². The molecule has 21 heavy (non-hydrogen) atoms. The quantitative estimate of drug-likeness (QED) is 0.797. The predicted octanol–water partition coefficient (Wildman–Crippen LogP) is 3.63. The Morgan fingerprint density at radius 2 is 2.05 bits per heavy atom. The molecule has 2 aromatic heterocycles. The highest BCUT2D eigenvalue weighted by molar-refractivity contribution is 7.08. The molecular formula is C14H10ClN3O2S. The minimum atomic E-state index is -0.224. The van der Waals surface area contributed by atoms with E-state index < -0.39 is 0 Å². The van der Waals surface area contributed by atoms with Gasteiger partial charge >= 0.3 is 0 Å². The largest absolute Gasteiger partial charge is 0.420 e. The molecule has 0 aliphatic rings. The molecule has 0 atom stereocenters. The summed E-state index contributed by atoms with van der Waals surface area (Å²) in [5.74, 6) is 0.478. The van der Waals surface area contributed by atoms with E-state index in [1.54, 1.807) is 35.6 Å². The molecule has 0 aliphatic carbocycles. The SMILES string of the molecule is O=C(Cc1nnc(-c2ccsc2)o1)Nc1ccc(Cl)cc1. The third-order valence-corrected chi connectivity index (χ3v) is 3.61.